The van der Waals surface area contributed by atoms with Crippen LogP contribution in [0.1, 0.15) is 69.4 Å². The molecule has 0 N–H and O–H groups in total. The smallest absolute Gasteiger partial charge is 0.174 e. The highest BCUT2D eigenvalue weighted by molar-refractivity contribution is 14.1. The molecule has 0 fully saturated rings. The number of carbonyl (C=O) groups excluding carboxylic acids is 2. The van der Waals surface area contributed by atoms with E-state index in [9.17, 15) is 9.59 Å². The van der Waals surface area contributed by atoms with E-state index in [1.807, 2.05) is 38.1 Å². The molecule has 188 valence electrons. The fourth-order valence-electron chi connectivity index (χ4n) is 5.81. The van der Waals surface area contributed by atoms with Crippen LogP contribution < -0.4 is 9.47 Å². The minimum Gasteiger partial charge on any atom is -0.490 e. The Balaban J connectivity index is 1.71. The lowest BCUT2D eigenvalue weighted by molar-refractivity contribution is -0.117. The Morgan fingerprint density at radius 3 is 2.06 bits per heavy atom. The predicted octanol–water partition coefficient (Wildman–Crippen LogP) is 6.70. The summed E-state index contributed by atoms with van der Waals surface area (Å²) in [5, 5.41) is 0. The van der Waals surface area contributed by atoms with Gasteiger partial charge in [-0.05, 0) is 85.4 Å². The van der Waals surface area contributed by atoms with Gasteiger partial charge in [0.05, 0.1) is 16.8 Å². The Bertz CT molecular complexity index is 1200. The highest BCUT2D eigenvalue weighted by Crippen LogP contribution is 2.51. The zero-order valence-electron chi connectivity index (χ0n) is 20.9. The van der Waals surface area contributed by atoms with Crippen LogP contribution in [0.2, 0.25) is 0 Å². The van der Waals surface area contributed by atoms with Crippen LogP contribution in [0, 0.1) is 3.57 Å². The van der Waals surface area contributed by atoms with Crippen LogP contribution in [0.15, 0.2) is 65.0 Å². The lowest BCUT2D eigenvalue weighted by Gasteiger charge is -2.44. The number of ether oxygens (including phenoxy) is 2. The highest BCUT2D eigenvalue weighted by Gasteiger charge is 2.43. The lowest BCUT2D eigenvalue weighted by atomic mass is 9.71. The molecule has 0 unspecified atom stereocenters. The number of ketones is 2. The molecule has 0 radical (unpaired) electrons. The summed E-state index contributed by atoms with van der Waals surface area (Å²) in [5.74, 6) is 1.35. The summed E-state index contributed by atoms with van der Waals surface area (Å²) in [5.41, 5.74) is 5.91. The first-order valence-electron chi connectivity index (χ1n) is 13.0. The van der Waals surface area contributed by atoms with Crippen LogP contribution in [0.4, 0.5) is 0 Å². The zero-order valence-corrected chi connectivity index (χ0v) is 23.1. The predicted molar refractivity (Wildman–Crippen MR) is 148 cm³/mol. The van der Waals surface area contributed by atoms with E-state index in [1.54, 1.807) is 0 Å². The second-order valence-electron chi connectivity index (χ2n) is 9.47. The first-order valence-corrected chi connectivity index (χ1v) is 14.0. The number of rotatable bonds is 7. The maximum Gasteiger partial charge on any atom is 0.174 e. The number of benzene rings is 2. The van der Waals surface area contributed by atoms with Crippen molar-refractivity contribution in [2.24, 2.45) is 0 Å². The van der Waals surface area contributed by atoms with Crippen molar-refractivity contribution in [2.75, 3.05) is 13.2 Å². The first-order chi connectivity index (χ1) is 17.5. The Labute approximate surface area is 226 Å². The number of carbonyl (C=O) groups is 2. The molecule has 0 aromatic heterocycles. The van der Waals surface area contributed by atoms with E-state index in [1.165, 1.54) is 5.56 Å². The minimum absolute atomic E-state index is 0.158. The van der Waals surface area contributed by atoms with E-state index in [0.717, 1.165) is 63.1 Å². The molecule has 2 aromatic rings. The van der Waals surface area contributed by atoms with Gasteiger partial charge < -0.3 is 14.4 Å². The first kappa shape index (κ1) is 25.1. The van der Waals surface area contributed by atoms with Crippen LogP contribution >= 0.6 is 22.6 Å². The summed E-state index contributed by atoms with van der Waals surface area (Å²) in [7, 11) is 0. The van der Waals surface area contributed by atoms with Crippen molar-refractivity contribution in [1.82, 2.24) is 4.90 Å². The average Bonchev–Trinajstić information content (AvgIpc) is 2.87. The van der Waals surface area contributed by atoms with E-state index in [2.05, 4.69) is 45.7 Å². The van der Waals surface area contributed by atoms with Gasteiger partial charge in [0.2, 0.25) is 0 Å². The van der Waals surface area contributed by atoms with Gasteiger partial charge in [-0.3, -0.25) is 9.59 Å². The molecule has 5 rings (SSSR count). The van der Waals surface area contributed by atoms with E-state index >= 15 is 0 Å². The van der Waals surface area contributed by atoms with Gasteiger partial charge in [-0.25, -0.2) is 0 Å². The molecular weight excluding hydrogens is 565 g/mol. The minimum atomic E-state index is -0.356. The monoisotopic (exact) mass is 597 g/mol. The van der Waals surface area contributed by atoms with E-state index in [0.29, 0.717) is 38.3 Å². The van der Waals surface area contributed by atoms with Crippen molar-refractivity contribution < 1.29 is 19.1 Å². The van der Waals surface area contributed by atoms with Gasteiger partial charge in [0, 0.05) is 47.8 Å². The molecule has 0 saturated carbocycles. The summed E-state index contributed by atoms with van der Waals surface area (Å²) >= 11 is 2.28. The van der Waals surface area contributed by atoms with Gasteiger partial charge in [0.25, 0.3) is 0 Å². The van der Waals surface area contributed by atoms with Crippen molar-refractivity contribution in [1.29, 1.82) is 0 Å². The third-order valence-electron chi connectivity index (χ3n) is 7.22. The van der Waals surface area contributed by atoms with E-state index < -0.39 is 0 Å². The maximum absolute atomic E-state index is 13.6. The number of nitrogens with zero attached hydrogens (tertiary/aromatic N) is 1. The van der Waals surface area contributed by atoms with Crippen molar-refractivity contribution in [2.45, 2.75) is 64.8 Å². The molecule has 0 saturated heterocycles. The average molecular weight is 597 g/mol. The highest BCUT2D eigenvalue weighted by atomic mass is 127. The van der Waals surface area contributed by atoms with Crippen LogP contribution in [0.5, 0.6) is 11.5 Å². The molecule has 36 heavy (non-hydrogen) atoms. The van der Waals surface area contributed by atoms with Crippen LogP contribution in [0.3, 0.4) is 0 Å². The summed E-state index contributed by atoms with van der Waals surface area (Å²) in [6.45, 7) is 5.63. The number of allylic oxidation sites excluding steroid dienone is 4. The van der Waals surface area contributed by atoms with Crippen LogP contribution in [-0.4, -0.2) is 29.7 Å². The van der Waals surface area contributed by atoms with Crippen molar-refractivity contribution in [3.63, 3.8) is 0 Å². The van der Waals surface area contributed by atoms with Gasteiger partial charge in [-0.15, -0.1) is 0 Å². The maximum atomic E-state index is 13.6. The topological polar surface area (TPSA) is 55.8 Å². The SMILES string of the molecule is CCOc1cc(C2C3=C(CCCC3=O)N(Cc3ccccc3)C3=C2C(=O)CCC3)cc(I)c1OCC. The molecular formula is C30H32INO4. The molecule has 1 heterocycles. The quantitative estimate of drug-likeness (QED) is 0.333. The molecule has 0 spiro atoms. The molecule has 5 nitrogen and oxygen atoms in total. The molecule has 0 amide bonds. The van der Waals surface area contributed by atoms with Crippen molar-refractivity contribution in [3.05, 3.63) is 79.7 Å². The summed E-state index contributed by atoms with van der Waals surface area (Å²) < 4.78 is 12.8. The number of hydrogen-bond acceptors (Lipinski definition) is 5. The number of hydrogen-bond donors (Lipinski definition) is 0. The Hall–Kier alpha value is -2.61. The zero-order chi connectivity index (χ0) is 25.2. The molecule has 1 aliphatic heterocycles. The molecule has 6 heteroatoms. The fraction of sp³-hybridized carbons (Fsp3) is 0.400. The Morgan fingerprint density at radius 1 is 0.861 bits per heavy atom. The normalized spacial score (nSPS) is 18.4. The lowest BCUT2D eigenvalue weighted by Crippen LogP contribution is -2.38. The third-order valence-corrected chi connectivity index (χ3v) is 8.02. The van der Waals surface area contributed by atoms with Crippen LogP contribution in [-0.2, 0) is 16.1 Å². The summed E-state index contributed by atoms with van der Waals surface area (Å²) in [6, 6.07) is 14.4. The summed E-state index contributed by atoms with van der Waals surface area (Å²) in [4.78, 5) is 29.5. The standard InChI is InChI=1S/C30H32INO4/c1-3-35-26-17-20(16-21(31)30(26)36-4-2)27-28-22(12-8-14-24(28)33)32(18-19-10-6-5-7-11-19)23-13-9-15-25(34)29(23)27/h5-7,10-11,16-17,27H,3-4,8-9,12-15,18H2,1-2H3. The van der Waals surface area contributed by atoms with Gasteiger partial charge in [-0.1, -0.05) is 30.3 Å². The van der Waals surface area contributed by atoms with Gasteiger partial charge in [0.15, 0.2) is 23.1 Å². The molecule has 2 aliphatic carbocycles. The third kappa shape index (κ3) is 4.60. The van der Waals surface area contributed by atoms with Gasteiger partial charge in [-0.2, -0.15) is 0 Å². The second-order valence-corrected chi connectivity index (χ2v) is 10.6. The molecule has 3 aliphatic rings. The Kier molecular flexibility index (Phi) is 7.51. The molecule has 2 aromatic carbocycles. The fourth-order valence-corrected chi connectivity index (χ4v) is 6.59. The second kappa shape index (κ2) is 10.8. The van der Waals surface area contributed by atoms with Crippen LogP contribution in [0.25, 0.3) is 0 Å². The van der Waals surface area contributed by atoms with E-state index in [4.69, 9.17) is 9.47 Å². The largest absolute Gasteiger partial charge is 0.490 e. The Morgan fingerprint density at radius 2 is 1.47 bits per heavy atom. The number of halogens is 1. The van der Waals surface area contributed by atoms with Crippen molar-refractivity contribution in [3.8, 4) is 11.5 Å². The summed E-state index contributed by atoms with van der Waals surface area (Å²) in [6.07, 6.45) is 4.44. The molecule has 0 atom stereocenters. The van der Waals surface area contributed by atoms with E-state index in [-0.39, 0.29) is 17.5 Å². The van der Waals surface area contributed by atoms with Crippen molar-refractivity contribution >= 4 is 34.2 Å². The van der Waals surface area contributed by atoms with Gasteiger partial charge >= 0.3 is 0 Å². The van der Waals surface area contributed by atoms with Gasteiger partial charge in [0.1, 0.15) is 0 Å². The number of Topliss-reactive ketones (excluding diaryl/α,β-unsaturated/α-hetero) is 2. The molecule has 0 bridgehead atoms.